The van der Waals surface area contributed by atoms with E-state index in [1.807, 2.05) is 32.5 Å². The minimum atomic E-state index is -1.39. The average molecular weight is 347 g/mol. The molecule has 0 unspecified atom stereocenters. The van der Waals surface area contributed by atoms with Crippen LogP contribution in [0.1, 0.15) is 36.4 Å². The van der Waals surface area contributed by atoms with Crippen molar-refractivity contribution >= 4 is 5.91 Å². The van der Waals surface area contributed by atoms with Crippen molar-refractivity contribution in [3.05, 3.63) is 52.6 Å². The van der Waals surface area contributed by atoms with Crippen molar-refractivity contribution in [1.29, 1.82) is 0 Å². The molecule has 1 N–H and O–H groups in total. The third-order valence-electron chi connectivity index (χ3n) is 4.78. The number of hydrogen-bond acceptors (Lipinski definition) is 3. The summed E-state index contributed by atoms with van der Waals surface area (Å²) in [7, 11) is 3.31. The molecule has 2 aromatic rings. The number of hydrogen-bond donors (Lipinski definition) is 1. The van der Waals surface area contributed by atoms with Crippen molar-refractivity contribution < 1.29 is 13.9 Å². The van der Waals surface area contributed by atoms with Crippen LogP contribution in [0.15, 0.2) is 24.3 Å². The van der Waals surface area contributed by atoms with Crippen LogP contribution in [0, 0.1) is 19.7 Å². The molecule has 1 aromatic carbocycles. The second-order valence-electron chi connectivity index (χ2n) is 6.57. The standard InChI is InChI=1S/C19H26FN3O2/c1-12(11-15-13(2)22-23(5)14(15)3)21-18(24)19(4,25-6)16-9-7-8-10-17(16)20/h7-10,12H,11H2,1-6H3,(H,21,24)/t12-,19+/m1/s1. The van der Waals surface area contributed by atoms with E-state index >= 15 is 0 Å². The summed E-state index contributed by atoms with van der Waals surface area (Å²) in [6, 6.07) is 6.03. The maximum Gasteiger partial charge on any atom is 0.256 e. The fourth-order valence-electron chi connectivity index (χ4n) is 3.00. The van der Waals surface area contributed by atoms with E-state index in [0.717, 1.165) is 17.0 Å². The molecule has 0 aliphatic heterocycles. The topological polar surface area (TPSA) is 56.1 Å². The second-order valence-corrected chi connectivity index (χ2v) is 6.57. The minimum Gasteiger partial charge on any atom is -0.364 e. The maximum absolute atomic E-state index is 14.2. The molecule has 0 fully saturated rings. The van der Waals surface area contributed by atoms with Gasteiger partial charge in [0.2, 0.25) is 0 Å². The zero-order valence-electron chi connectivity index (χ0n) is 15.7. The predicted octanol–water partition coefficient (Wildman–Crippen LogP) is 2.79. The number of nitrogens with zero attached hydrogens (tertiary/aromatic N) is 2. The first-order valence-corrected chi connectivity index (χ1v) is 8.31. The highest BCUT2D eigenvalue weighted by Crippen LogP contribution is 2.27. The summed E-state index contributed by atoms with van der Waals surface area (Å²) in [6.45, 7) is 7.45. The van der Waals surface area contributed by atoms with E-state index in [1.165, 1.54) is 13.2 Å². The van der Waals surface area contributed by atoms with E-state index in [1.54, 1.807) is 25.1 Å². The molecule has 0 bridgehead atoms. The third kappa shape index (κ3) is 3.74. The van der Waals surface area contributed by atoms with E-state index in [2.05, 4.69) is 10.4 Å². The van der Waals surface area contributed by atoms with Crippen molar-refractivity contribution in [2.45, 2.75) is 45.8 Å². The zero-order chi connectivity index (χ0) is 18.8. The van der Waals surface area contributed by atoms with Crippen LogP contribution in [0.5, 0.6) is 0 Å². The Morgan fingerprint density at radius 3 is 2.56 bits per heavy atom. The smallest absolute Gasteiger partial charge is 0.256 e. The first-order valence-electron chi connectivity index (χ1n) is 8.31. The number of aryl methyl sites for hydroxylation is 2. The fraction of sp³-hybridized carbons (Fsp3) is 0.474. The highest BCUT2D eigenvalue weighted by atomic mass is 19.1. The molecule has 25 heavy (non-hydrogen) atoms. The highest BCUT2D eigenvalue weighted by molar-refractivity contribution is 5.86. The summed E-state index contributed by atoms with van der Waals surface area (Å²) >= 11 is 0. The van der Waals surface area contributed by atoms with Gasteiger partial charge in [-0.2, -0.15) is 5.10 Å². The minimum absolute atomic E-state index is 0.143. The number of rotatable bonds is 6. The molecule has 0 saturated carbocycles. The van der Waals surface area contributed by atoms with Crippen LogP contribution in [0.2, 0.25) is 0 Å². The fourth-order valence-corrected chi connectivity index (χ4v) is 3.00. The molecule has 1 amide bonds. The van der Waals surface area contributed by atoms with Crippen LogP contribution in [0.4, 0.5) is 4.39 Å². The Morgan fingerprint density at radius 1 is 1.40 bits per heavy atom. The van der Waals surface area contributed by atoms with Gasteiger partial charge in [-0.3, -0.25) is 9.48 Å². The number of methoxy groups -OCH3 is 1. The van der Waals surface area contributed by atoms with Gasteiger partial charge in [0.15, 0.2) is 5.60 Å². The molecule has 0 aliphatic rings. The van der Waals surface area contributed by atoms with Crippen molar-refractivity contribution in [2.24, 2.45) is 7.05 Å². The Labute approximate surface area is 148 Å². The number of carbonyl (C=O) groups is 1. The van der Waals surface area contributed by atoms with E-state index < -0.39 is 11.4 Å². The van der Waals surface area contributed by atoms with Crippen molar-refractivity contribution in [3.63, 3.8) is 0 Å². The lowest BCUT2D eigenvalue weighted by Crippen LogP contribution is -2.48. The van der Waals surface area contributed by atoms with Crippen LogP contribution < -0.4 is 5.32 Å². The predicted molar refractivity (Wildman–Crippen MR) is 94.8 cm³/mol. The molecular formula is C19H26FN3O2. The van der Waals surface area contributed by atoms with Gasteiger partial charge in [-0.25, -0.2) is 4.39 Å². The molecule has 6 heteroatoms. The number of carbonyl (C=O) groups excluding carboxylic acids is 1. The van der Waals surface area contributed by atoms with Gasteiger partial charge >= 0.3 is 0 Å². The first-order chi connectivity index (χ1) is 11.7. The number of halogens is 1. The van der Waals surface area contributed by atoms with Gasteiger partial charge in [0, 0.05) is 31.5 Å². The van der Waals surface area contributed by atoms with Gasteiger partial charge in [-0.05, 0) is 45.7 Å². The molecule has 1 aromatic heterocycles. The number of nitrogens with one attached hydrogen (secondary N) is 1. The SMILES string of the molecule is CO[C@](C)(C(=O)N[C@H](C)Cc1c(C)nn(C)c1C)c1ccccc1F. The van der Waals surface area contributed by atoms with E-state index in [4.69, 9.17) is 4.74 Å². The molecule has 136 valence electrons. The molecule has 2 rings (SSSR count). The van der Waals surface area contributed by atoms with Gasteiger partial charge < -0.3 is 10.1 Å². The summed E-state index contributed by atoms with van der Waals surface area (Å²) in [5, 5.41) is 7.34. The summed E-state index contributed by atoms with van der Waals surface area (Å²) in [5.74, 6) is -0.833. The highest BCUT2D eigenvalue weighted by Gasteiger charge is 2.38. The lowest BCUT2D eigenvalue weighted by atomic mass is 9.93. The Morgan fingerprint density at radius 2 is 2.04 bits per heavy atom. The van der Waals surface area contributed by atoms with Crippen LogP contribution in [-0.4, -0.2) is 28.8 Å². The largest absolute Gasteiger partial charge is 0.364 e. The molecule has 0 spiro atoms. The number of aromatic nitrogens is 2. The monoisotopic (exact) mass is 347 g/mol. The van der Waals surface area contributed by atoms with Gasteiger partial charge in [0.1, 0.15) is 5.82 Å². The van der Waals surface area contributed by atoms with Crippen LogP contribution >= 0.6 is 0 Å². The van der Waals surface area contributed by atoms with Crippen molar-refractivity contribution in [1.82, 2.24) is 15.1 Å². The number of amides is 1. The molecule has 1 heterocycles. The van der Waals surface area contributed by atoms with Gasteiger partial charge in [-0.15, -0.1) is 0 Å². The Hall–Kier alpha value is -2.21. The van der Waals surface area contributed by atoms with E-state index in [0.29, 0.717) is 6.42 Å². The van der Waals surface area contributed by atoms with Gasteiger partial charge in [0.05, 0.1) is 5.69 Å². The first kappa shape index (κ1) is 19.1. The lowest BCUT2D eigenvalue weighted by Gasteiger charge is -2.29. The Balaban J connectivity index is 2.18. The zero-order valence-corrected chi connectivity index (χ0v) is 15.7. The van der Waals surface area contributed by atoms with Crippen molar-refractivity contribution in [2.75, 3.05) is 7.11 Å². The van der Waals surface area contributed by atoms with E-state index in [-0.39, 0.29) is 17.5 Å². The number of ether oxygens (including phenoxy) is 1. The lowest BCUT2D eigenvalue weighted by molar-refractivity contribution is -0.143. The quantitative estimate of drug-likeness (QED) is 0.874. The average Bonchev–Trinajstić information content (AvgIpc) is 2.80. The molecule has 5 nitrogen and oxygen atoms in total. The summed E-state index contributed by atoms with van der Waals surface area (Å²) in [6.07, 6.45) is 0.647. The van der Waals surface area contributed by atoms with Gasteiger partial charge in [0.25, 0.3) is 5.91 Å². The molecule has 0 aliphatic carbocycles. The van der Waals surface area contributed by atoms with E-state index in [9.17, 15) is 9.18 Å². The normalized spacial score (nSPS) is 14.8. The van der Waals surface area contributed by atoms with Crippen LogP contribution in [0.25, 0.3) is 0 Å². The Kier molecular flexibility index (Phi) is 5.62. The maximum atomic E-state index is 14.2. The van der Waals surface area contributed by atoms with Gasteiger partial charge in [-0.1, -0.05) is 18.2 Å². The molecule has 2 atom stereocenters. The Bertz CT molecular complexity index is 772. The molecule has 0 radical (unpaired) electrons. The third-order valence-corrected chi connectivity index (χ3v) is 4.78. The van der Waals surface area contributed by atoms with Crippen LogP contribution in [-0.2, 0) is 28.6 Å². The second kappa shape index (κ2) is 7.35. The van der Waals surface area contributed by atoms with Crippen LogP contribution in [0.3, 0.4) is 0 Å². The molecule has 0 saturated heterocycles. The summed E-state index contributed by atoms with van der Waals surface area (Å²) < 4.78 is 21.4. The van der Waals surface area contributed by atoms with Crippen molar-refractivity contribution in [3.8, 4) is 0 Å². The summed E-state index contributed by atoms with van der Waals surface area (Å²) in [5.41, 5.74) is 1.96. The molecular weight excluding hydrogens is 321 g/mol. The number of benzene rings is 1. The summed E-state index contributed by atoms with van der Waals surface area (Å²) in [4.78, 5) is 12.8.